The molecule has 0 bridgehead atoms. The number of methoxy groups -OCH3 is 1. The lowest BCUT2D eigenvalue weighted by atomic mass is 10.1. The van der Waals surface area contributed by atoms with Crippen LogP contribution in [0.3, 0.4) is 0 Å². The number of imidazole rings is 2. The van der Waals surface area contributed by atoms with Crippen LogP contribution in [-0.4, -0.2) is 150 Å². The number of phosphoric acid groups is 4. The van der Waals surface area contributed by atoms with Gasteiger partial charge in [-0.1, -0.05) is 4.98 Å². The highest BCUT2D eigenvalue weighted by Crippen LogP contribution is 2.50. The molecule has 4 aromatic rings. The molecule has 2 aliphatic rings. The minimum Gasteiger partial charge on any atom is -0.387 e. The minimum atomic E-state index is -5.69. The fourth-order valence-electron chi connectivity index (χ4n) is 6.41. The summed E-state index contributed by atoms with van der Waals surface area (Å²) in [5.41, 5.74) is 11.3. The van der Waals surface area contributed by atoms with Crippen LogP contribution in [0.1, 0.15) is 18.9 Å². The number of aromatic nitrogens is 8. The first-order valence-electron chi connectivity index (χ1n) is 17.5. The number of aromatic amines is 1. The summed E-state index contributed by atoms with van der Waals surface area (Å²) >= 11 is 0. The number of phosphoric ester groups is 4. The molecule has 62 heavy (non-hydrogen) atoms. The summed E-state index contributed by atoms with van der Waals surface area (Å²) in [5, 5.41) is 21.4. The Bertz CT molecular complexity index is 2500. The summed E-state index contributed by atoms with van der Waals surface area (Å²) in [6.45, 7) is -4.60. The average Bonchev–Trinajstić information content (AvgIpc) is 3.93. The molecule has 6 rings (SSSR count). The third kappa shape index (κ3) is 11.5. The normalized spacial score (nSPS) is 26.5. The number of hydrogen-bond donors (Lipinski definition) is 11. The van der Waals surface area contributed by atoms with Crippen molar-refractivity contribution >= 4 is 65.4 Å². The van der Waals surface area contributed by atoms with Gasteiger partial charge in [0.25, 0.3) is 11.5 Å². The van der Waals surface area contributed by atoms with Crippen molar-refractivity contribution < 1.29 is 104 Å². The van der Waals surface area contributed by atoms with Crippen molar-refractivity contribution in [2.45, 2.75) is 61.6 Å². The minimum absolute atomic E-state index is 0.00199. The number of rotatable bonds is 20. The van der Waals surface area contributed by atoms with Crippen molar-refractivity contribution in [3.8, 4) is 0 Å². The third-order valence-electron chi connectivity index (χ3n) is 9.10. The van der Waals surface area contributed by atoms with Crippen molar-refractivity contribution in [1.82, 2.24) is 34.1 Å². The van der Waals surface area contributed by atoms with Gasteiger partial charge in [0.05, 0.1) is 45.9 Å². The molecule has 346 valence electrons. The van der Waals surface area contributed by atoms with Gasteiger partial charge < -0.3 is 65.3 Å². The van der Waals surface area contributed by atoms with Crippen LogP contribution in [-0.2, 0) is 66.7 Å². The Kier molecular flexibility index (Phi) is 14.5. The summed E-state index contributed by atoms with van der Waals surface area (Å²) in [6.07, 6.45) is -10.1. The summed E-state index contributed by atoms with van der Waals surface area (Å²) < 4.78 is 98.9. The van der Waals surface area contributed by atoms with Gasteiger partial charge in [-0.05, 0) is 0 Å². The summed E-state index contributed by atoms with van der Waals surface area (Å²) in [4.78, 5) is 89.8. The van der Waals surface area contributed by atoms with Gasteiger partial charge in [-0.2, -0.15) is 0 Å². The van der Waals surface area contributed by atoms with Crippen molar-refractivity contribution in [1.29, 1.82) is 0 Å². The van der Waals surface area contributed by atoms with E-state index < -0.39 is 118 Å². The zero-order valence-electron chi connectivity index (χ0n) is 31.8. The van der Waals surface area contributed by atoms with E-state index in [4.69, 9.17) is 43.8 Å². The maximum absolute atomic E-state index is 12.9. The molecule has 4 aromatic heterocycles. The molecule has 0 spiro atoms. The molecule has 6 unspecified atom stereocenters. The lowest BCUT2D eigenvalue weighted by Gasteiger charge is -2.28. The van der Waals surface area contributed by atoms with E-state index in [1.807, 2.05) is 0 Å². The number of nitrogen functional groups attached to an aromatic ring is 2. The van der Waals surface area contributed by atoms with Crippen molar-refractivity contribution in [3.63, 3.8) is 0 Å². The molecule has 2 saturated heterocycles. The number of aliphatic hydroxyl groups is 2. The Hall–Kier alpha value is -3.26. The molecule has 0 saturated carbocycles. The van der Waals surface area contributed by atoms with Crippen LogP contribution < -0.4 is 21.6 Å². The van der Waals surface area contributed by atoms with E-state index in [1.165, 1.54) is 42.3 Å². The standard InChI is InChI=1S/C26H40N10O22P4/c1-34-10-36(22-17(34)23(39)33-26(28)32-22)25-19(38)18(37)15(56-25)7-54-62(48,49)53-6-14(58-60(43,44)45)13(57-59(40,41)42)5-52-61(46,47)51-4-11-3-12(50-2)24(55-11)35-9-31-16-20(27)29-8-30-21(16)35/h8-15,18-19,24-25,37-38H,3-7H2,1-2H3,(H10-,27,28,29,30,32,33,39,40,41,42,43,44,45,46,47,48,49)/p+1/t11?,12-,13?,14?,15-,18-,19-,24-,25?/m1/s1. The number of aryl methyl sites for hydroxylation is 1. The van der Waals surface area contributed by atoms with Gasteiger partial charge in [0, 0.05) is 13.5 Å². The predicted molar refractivity (Wildman–Crippen MR) is 198 cm³/mol. The van der Waals surface area contributed by atoms with Gasteiger partial charge in [-0.25, -0.2) is 37.8 Å². The van der Waals surface area contributed by atoms with E-state index in [9.17, 15) is 62.6 Å². The zero-order chi connectivity index (χ0) is 45.5. The Labute approximate surface area is 345 Å². The highest BCUT2D eigenvalue weighted by molar-refractivity contribution is 7.48. The van der Waals surface area contributed by atoms with Crippen molar-refractivity contribution in [2.75, 3.05) is 45.0 Å². The van der Waals surface area contributed by atoms with E-state index in [-0.39, 0.29) is 40.5 Å². The lowest BCUT2D eigenvalue weighted by molar-refractivity contribution is -0.745. The van der Waals surface area contributed by atoms with E-state index in [2.05, 4.69) is 34.0 Å². The number of nitrogens with two attached hydrogens (primary N) is 2. The Morgan fingerprint density at radius 3 is 2.11 bits per heavy atom. The number of aliphatic hydroxyl groups excluding tert-OH is 2. The molecule has 6 heterocycles. The summed E-state index contributed by atoms with van der Waals surface area (Å²) in [6, 6.07) is 0. The fraction of sp³-hybridized carbons (Fsp3) is 0.615. The zero-order valence-corrected chi connectivity index (χ0v) is 35.4. The topological polar surface area (TPSA) is 463 Å². The number of anilines is 2. The van der Waals surface area contributed by atoms with Gasteiger partial charge in [0.15, 0.2) is 24.0 Å². The summed E-state index contributed by atoms with van der Waals surface area (Å²) in [5.74, 6) is -0.198. The van der Waals surface area contributed by atoms with E-state index in [0.29, 0.717) is 0 Å². The first kappa shape index (κ1) is 48.2. The van der Waals surface area contributed by atoms with Gasteiger partial charge in [-0.15, -0.1) is 0 Å². The molecule has 36 heteroatoms. The molecule has 0 aliphatic carbocycles. The van der Waals surface area contributed by atoms with Gasteiger partial charge in [0.2, 0.25) is 11.7 Å². The van der Waals surface area contributed by atoms with Crippen molar-refractivity contribution in [2.24, 2.45) is 7.05 Å². The van der Waals surface area contributed by atoms with E-state index >= 15 is 0 Å². The Balaban J connectivity index is 1.08. The number of fused-ring (bicyclic) bond motifs is 2. The van der Waals surface area contributed by atoms with Crippen LogP contribution in [0.2, 0.25) is 0 Å². The Morgan fingerprint density at radius 2 is 1.52 bits per heavy atom. The van der Waals surface area contributed by atoms with E-state index in [1.54, 1.807) is 0 Å². The smallest absolute Gasteiger partial charge is 0.387 e. The third-order valence-corrected chi connectivity index (χ3v) is 12.1. The van der Waals surface area contributed by atoms with Crippen LogP contribution in [0, 0.1) is 0 Å². The number of nitrogens with one attached hydrogen (secondary N) is 1. The Morgan fingerprint density at radius 1 is 0.903 bits per heavy atom. The molecular formula is C26H41N10O22P4+. The van der Waals surface area contributed by atoms with Crippen LogP contribution in [0.4, 0.5) is 11.8 Å². The second-order valence-corrected chi connectivity index (χ2v) is 18.7. The van der Waals surface area contributed by atoms with Gasteiger partial charge in [-0.3, -0.25) is 46.1 Å². The monoisotopic (exact) mass is 969 g/mol. The highest BCUT2D eigenvalue weighted by Gasteiger charge is 2.48. The van der Waals surface area contributed by atoms with Crippen LogP contribution >= 0.6 is 31.3 Å². The SMILES string of the molecule is CO[C@@H]1CC(COP(=O)(O)OCC(OP(=O)(O)O)C(COP(=O)(O)OC[C@H]2OC([n+]3cn(C)c4c(=O)[nH]c(N)nc43)[C@H](O)[C@@H]2O)OP(=O)(O)O)O[C@H]1n1cnc2c(N)ncnc21. The average molecular weight is 970 g/mol. The second kappa shape index (κ2) is 18.7. The number of hydrogen-bond acceptors (Lipinski definition) is 22. The molecule has 0 aromatic carbocycles. The summed E-state index contributed by atoms with van der Waals surface area (Å²) in [7, 11) is -19.2. The van der Waals surface area contributed by atoms with E-state index in [0.717, 1.165) is 4.57 Å². The molecular weight excluding hydrogens is 928 g/mol. The van der Waals surface area contributed by atoms with Crippen molar-refractivity contribution in [3.05, 3.63) is 29.3 Å². The maximum Gasteiger partial charge on any atom is 0.472 e. The molecule has 32 nitrogen and oxygen atoms in total. The largest absolute Gasteiger partial charge is 0.472 e. The number of ether oxygens (including phenoxy) is 3. The predicted octanol–water partition coefficient (Wildman–Crippen LogP) is -3.30. The molecule has 0 amide bonds. The number of H-pyrrole nitrogens is 1. The molecule has 2 aliphatic heterocycles. The highest BCUT2D eigenvalue weighted by atomic mass is 31.2. The molecule has 11 atom stereocenters. The van der Waals surface area contributed by atoms with Gasteiger partial charge >= 0.3 is 36.9 Å². The van der Waals surface area contributed by atoms with Crippen LogP contribution in [0.25, 0.3) is 22.3 Å². The van der Waals surface area contributed by atoms with Crippen LogP contribution in [0.5, 0.6) is 0 Å². The fourth-order valence-corrected chi connectivity index (χ4v) is 9.02. The van der Waals surface area contributed by atoms with Crippen LogP contribution in [0.15, 0.2) is 23.8 Å². The number of nitrogens with zero attached hydrogens (tertiary/aromatic N) is 7. The van der Waals surface area contributed by atoms with Gasteiger partial charge in [0.1, 0.15) is 48.5 Å². The second-order valence-electron chi connectivity index (χ2n) is 13.4. The molecule has 13 N–H and O–H groups in total. The first-order valence-corrected chi connectivity index (χ1v) is 23.5. The quantitative estimate of drug-likeness (QED) is 0.0305. The molecule has 0 radical (unpaired) electrons. The lowest BCUT2D eigenvalue weighted by Crippen LogP contribution is -2.46. The molecule has 2 fully saturated rings. The first-order chi connectivity index (χ1) is 28.8. The maximum atomic E-state index is 12.9.